The van der Waals surface area contributed by atoms with Crippen molar-refractivity contribution in [1.29, 1.82) is 0 Å². The van der Waals surface area contributed by atoms with Gasteiger partial charge in [-0.25, -0.2) is 0 Å². The SMILES string of the molecule is CC(=O)N[C@H]1C(=O)N(Cc2ccc(Cl)cc2Cl)c2c(C)cccc21. The van der Waals surface area contributed by atoms with Gasteiger partial charge in [0.25, 0.3) is 5.91 Å². The number of hydrogen-bond donors (Lipinski definition) is 1. The van der Waals surface area contributed by atoms with Crippen LogP contribution in [0.15, 0.2) is 36.4 Å². The molecule has 24 heavy (non-hydrogen) atoms. The highest BCUT2D eigenvalue weighted by Crippen LogP contribution is 2.40. The van der Waals surface area contributed by atoms with Gasteiger partial charge < -0.3 is 10.2 Å². The van der Waals surface area contributed by atoms with Crippen LogP contribution in [-0.4, -0.2) is 11.8 Å². The molecule has 1 N–H and O–H groups in total. The third-order valence-corrected chi connectivity index (χ3v) is 4.64. The van der Waals surface area contributed by atoms with Crippen molar-refractivity contribution in [3.8, 4) is 0 Å². The zero-order valence-corrected chi connectivity index (χ0v) is 14.8. The molecule has 1 atom stereocenters. The summed E-state index contributed by atoms with van der Waals surface area (Å²) in [4.78, 5) is 26.0. The minimum absolute atomic E-state index is 0.166. The molecule has 124 valence electrons. The van der Waals surface area contributed by atoms with Crippen LogP contribution in [0.25, 0.3) is 0 Å². The molecule has 0 saturated heterocycles. The molecule has 2 aromatic rings. The highest BCUT2D eigenvalue weighted by molar-refractivity contribution is 6.35. The van der Waals surface area contributed by atoms with Crippen LogP contribution in [-0.2, 0) is 16.1 Å². The second kappa shape index (κ2) is 6.46. The summed E-state index contributed by atoms with van der Waals surface area (Å²) in [6.07, 6.45) is 0. The number of nitrogens with one attached hydrogen (secondary N) is 1. The minimum atomic E-state index is -0.663. The Morgan fingerprint density at radius 1 is 1.25 bits per heavy atom. The van der Waals surface area contributed by atoms with Crippen LogP contribution in [0.5, 0.6) is 0 Å². The summed E-state index contributed by atoms with van der Waals surface area (Å²) < 4.78 is 0. The summed E-state index contributed by atoms with van der Waals surface area (Å²) in [5.74, 6) is -0.410. The van der Waals surface area contributed by atoms with Gasteiger partial charge in [0.2, 0.25) is 5.91 Å². The first-order valence-corrected chi connectivity index (χ1v) is 8.26. The lowest BCUT2D eigenvalue weighted by Crippen LogP contribution is -2.36. The number of hydrogen-bond acceptors (Lipinski definition) is 2. The van der Waals surface area contributed by atoms with Crippen molar-refractivity contribution in [2.75, 3.05) is 4.90 Å². The normalized spacial score (nSPS) is 16.2. The molecule has 0 fully saturated rings. The fourth-order valence-electron chi connectivity index (χ4n) is 3.00. The first kappa shape index (κ1) is 16.8. The minimum Gasteiger partial charge on any atom is -0.341 e. The average Bonchev–Trinajstić information content (AvgIpc) is 2.76. The van der Waals surface area contributed by atoms with Gasteiger partial charge in [0.15, 0.2) is 0 Å². The van der Waals surface area contributed by atoms with E-state index in [0.29, 0.717) is 16.6 Å². The average molecular weight is 363 g/mol. The summed E-state index contributed by atoms with van der Waals surface area (Å²) in [6.45, 7) is 3.67. The van der Waals surface area contributed by atoms with Crippen LogP contribution >= 0.6 is 23.2 Å². The van der Waals surface area contributed by atoms with Crippen molar-refractivity contribution in [3.63, 3.8) is 0 Å². The zero-order chi connectivity index (χ0) is 17.4. The van der Waals surface area contributed by atoms with Crippen LogP contribution < -0.4 is 10.2 Å². The zero-order valence-electron chi connectivity index (χ0n) is 13.3. The van der Waals surface area contributed by atoms with Crippen molar-refractivity contribution < 1.29 is 9.59 Å². The first-order chi connectivity index (χ1) is 11.4. The monoisotopic (exact) mass is 362 g/mol. The summed E-state index contributed by atoms with van der Waals surface area (Å²) in [6, 6.07) is 10.2. The van der Waals surface area contributed by atoms with Crippen molar-refractivity contribution in [3.05, 3.63) is 63.1 Å². The molecule has 0 radical (unpaired) electrons. The number of halogens is 2. The molecule has 2 aromatic carbocycles. The predicted molar refractivity (Wildman–Crippen MR) is 95.4 cm³/mol. The van der Waals surface area contributed by atoms with Gasteiger partial charge in [-0.15, -0.1) is 0 Å². The molecule has 1 aliphatic rings. The lowest BCUT2D eigenvalue weighted by molar-refractivity contribution is -0.126. The van der Waals surface area contributed by atoms with Gasteiger partial charge in [-0.2, -0.15) is 0 Å². The number of carbonyl (C=O) groups excluding carboxylic acids is 2. The lowest BCUT2D eigenvalue weighted by atomic mass is 10.1. The smallest absolute Gasteiger partial charge is 0.254 e. The van der Waals surface area contributed by atoms with Gasteiger partial charge in [-0.1, -0.05) is 47.5 Å². The summed E-state index contributed by atoms with van der Waals surface area (Å²) in [5.41, 5.74) is 3.40. The standard InChI is InChI=1S/C18H16Cl2N2O2/c1-10-4-3-5-14-16(21-11(2)23)18(24)22(17(10)14)9-12-6-7-13(19)8-15(12)20/h3-8,16H,9H2,1-2H3,(H,21,23)/t16-/m1/s1. The largest absolute Gasteiger partial charge is 0.341 e. The van der Waals surface area contributed by atoms with E-state index < -0.39 is 6.04 Å². The second-order valence-corrected chi connectivity index (χ2v) is 6.65. The van der Waals surface area contributed by atoms with Crippen LogP contribution in [0.4, 0.5) is 5.69 Å². The molecule has 3 rings (SSSR count). The second-order valence-electron chi connectivity index (χ2n) is 5.81. The molecule has 2 amide bonds. The molecule has 0 bridgehead atoms. The van der Waals surface area contributed by atoms with Gasteiger partial charge in [-0.3, -0.25) is 9.59 Å². The summed E-state index contributed by atoms with van der Waals surface area (Å²) in [5, 5.41) is 3.78. The Kier molecular flexibility index (Phi) is 4.52. The van der Waals surface area contributed by atoms with Crippen molar-refractivity contribution in [2.24, 2.45) is 0 Å². The molecule has 0 aromatic heterocycles. The van der Waals surface area contributed by atoms with Crippen molar-refractivity contribution >= 4 is 40.7 Å². The summed E-state index contributed by atoms with van der Waals surface area (Å²) in [7, 11) is 0. The van der Waals surface area contributed by atoms with Gasteiger partial charge in [0.1, 0.15) is 6.04 Å². The molecule has 0 spiro atoms. The van der Waals surface area contributed by atoms with E-state index in [1.807, 2.05) is 31.2 Å². The highest BCUT2D eigenvalue weighted by atomic mass is 35.5. The van der Waals surface area contributed by atoms with Crippen molar-refractivity contribution in [2.45, 2.75) is 26.4 Å². The maximum absolute atomic E-state index is 12.9. The van der Waals surface area contributed by atoms with E-state index in [9.17, 15) is 9.59 Å². The fraction of sp³-hybridized carbons (Fsp3) is 0.222. The maximum atomic E-state index is 12.9. The fourth-order valence-corrected chi connectivity index (χ4v) is 3.47. The number of fused-ring (bicyclic) bond motifs is 1. The Morgan fingerprint density at radius 3 is 2.67 bits per heavy atom. The number of anilines is 1. The quantitative estimate of drug-likeness (QED) is 0.895. The highest BCUT2D eigenvalue weighted by Gasteiger charge is 2.38. The van der Waals surface area contributed by atoms with E-state index in [1.54, 1.807) is 17.0 Å². The van der Waals surface area contributed by atoms with Gasteiger partial charge >= 0.3 is 0 Å². The number of amides is 2. The molecule has 1 heterocycles. The van der Waals surface area contributed by atoms with Gasteiger partial charge in [0.05, 0.1) is 12.2 Å². The van der Waals surface area contributed by atoms with E-state index in [-0.39, 0.29) is 11.8 Å². The van der Waals surface area contributed by atoms with Crippen molar-refractivity contribution in [1.82, 2.24) is 5.32 Å². The van der Waals surface area contributed by atoms with Gasteiger partial charge in [0, 0.05) is 22.5 Å². The topological polar surface area (TPSA) is 49.4 Å². The molecule has 4 nitrogen and oxygen atoms in total. The molecule has 0 saturated carbocycles. The van der Waals surface area contributed by atoms with Gasteiger partial charge in [-0.05, 0) is 30.2 Å². The number of rotatable bonds is 3. The Bertz CT molecular complexity index is 836. The molecule has 0 aliphatic carbocycles. The third-order valence-electron chi connectivity index (χ3n) is 4.05. The van der Waals surface area contributed by atoms with Crippen LogP contribution in [0.2, 0.25) is 10.0 Å². The number of aryl methyl sites for hydroxylation is 1. The molecular weight excluding hydrogens is 347 g/mol. The Balaban J connectivity index is 2.02. The number of para-hydroxylation sites is 1. The van der Waals surface area contributed by atoms with E-state index in [1.165, 1.54) is 6.92 Å². The third kappa shape index (κ3) is 2.99. The van der Waals surface area contributed by atoms with E-state index in [0.717, 1.165) is 22.4 Å². The van der Waals surface area contributed by atoms with E-state index in [4.69, 9.17) is 23.2 Å². The summed E-state index contributed by atoms with van der Waals surface area (Å²) >= 11 is 12.2. The Hall–Kier alpha value is -2.04. The number of nitrogens with zero attached hydrogens (tertiary/aromatic N) is 1. The van der Waals surface area contributed by atoms with Crippen LogP contribution in [0.1, 0.15) is 29.7 Å². The Morgan fingerprint density at radius 2 is 2.00 bits per heavy atom. The number of carbonyl (C=O) groups is 2. The molecular formula is C18H16Cl2N2O2. The lowest BCUT2D eigenvalue weighted by Gasteiger charge is -2.20. The van der Waals surface area contributed by atoms with E-state index in [2.05, 4.69) is 5.32 Å². The molecule has 0 unspecified atom stereocenters. The van der Waals surface area contributed by atoms with E-state index >= 15 is 0 Å². The molecule has 1 aliphatic heterocycles. The van der Waals surface area contributed by atoms with Crippen LogP contribution in [0.3, 0.4) is 0 Å². The first-order valence-electron chi connectivity index (χ1n) is 7.50. The number of benzene rings is 2. The predicted octanol–water partition coefficient (Wildman–Crippen LogP) is 4.03. The Labute approximate surface area is 150 Å². The maximum Gasteiger partial charge on any atom is 0.254 e. The molecule has 6 heteroatoms. The van der Waals surface area contributed by atoms with Crippen LogP contribution in [0, 0.1) is 6.92 Å².